The summed E-state index contributed by atoms with van der Waals surface area (Å²) in [5.41, 5.74) is 7.28. The molecule has 138 valence electrons. The molecule has 0 aromatic heterocycles. The summed E-state index contributed by atoms with van der Waals surface area (Å²) in [6.07, 6.45) is -4.88. The van der Waals surface area contributed by atoms with Crippen LogP contribution in [0.15, 0.2) is 42.5 Å². The molecule has 0 heterocycles. The van der Waals surface area contributed by atoms with Gasteiger partial charge in [0, 0.05) is 5.56 Å². The fourth-order valence-electron chi connectivity index (χ4n) is 2.30. The summed E-state index contributed by atoms with van der Waals surface area (Å²) in [4.78, 5) is 23.9. The Balaban J connectivity index is 1.87. The molecule has 0 aliphatic carbocycles. The number of nitrogens with one attached hydrogen (secondary N) is 2. The van der Waals surface area contributed by atoms with Gasteiger partial charge in [-0.25, -0.2) is 0 Å². The Hall–Kier alpha value is -3.03. The smallest absolute Gasteiger partial charge is 0.406 e. The average Bonchev–Trinajstić information content (AvgIpc) is 2.53. The van der Waals surface area contributed by atoms with Crippen LogP contribution < -0.4 is 15.6 Å². The zero-order chi connectivity index (χ0) is 19.3. The molecular weight excluding hydrogens is 349 g/mol. The minimum atomic E-state index is -4.77. The van der Waals surface area contributed by atoms with Crippen molar-refractivity contribution in [2.45, 2.75) is 26.6 Å². The molecule has 0 aliphatic rings. The lowest BCUT2D eigenvalue weighted by molar-refractivity contribution is -0.274. The molecule has 0 fully saturated rings. The number of aryl methyl sites for hydroxylation is 2. The largest absolute Gasteiger partial charge is 0.573 e. The van der Waals surface area contributed by atoms with Crippen molar-refractivity contribution in [2.75, 3.05) is 0 Å². The van der Waals surface area contributed by atoms with Crippen LogP contribution in [-0.4, -0.2) is 18.2 Å². The van der Waals surface area contributed by atoms with E-state index < -0.39 is 18.2 Å². The SMILES string of the molecule is Cc1ccc(C(=O)NNC(=O)Cc2ccc(OC(F)(F)F)cc2)c(C)c1. The van der Waals surface area contributed by atoms with Crippen LogP contribution in [0.1, 0.15) is 27.0 Å². The summed E-state index contributed by atoms with van der Waals surface area (Å²) in [6, 6.07) is 10.2. The normalized spacial score (nSPS) is 11.0. The first kappa shape index (κ1) is 19.3. The zero-order valence-electron chi connectivity index (χ0n) is 14.1. The average molecular weight is 366 g/mol. The molecule has 2 rings (SSSR count). The van der Waals surface area contributed by atoms with E-state index in [9.17, 15) is 22.8 Å². The second-order valence-corrected chi connectivity index (χ2v) is 5.69. The molecule has 0 atom stereocenters. The summed E-state index contributed by atoms with van der Waals surface area (Å²) in [5.74, 6) is -1.33. The van der Waals surface area contributed by atoms with Crippen LogP contribution in [0, 0.1) is 13.8 Å². The highest BCUT2D eigenvalue weighted by Gasteiger charge is 2.30. The van der Waals surface area contributed by atoms with Crippen molar-refractivity contribution < 1.29 is 27.5 Å². The highest BCUT2D eigenvalue weighted by atomic mass is 19.4. The van der Waals surface area contributed by atoms with E-state index >= 15 is 0 Å². The Morgan fingerprint density at radius 1 is 1.00 bits per heavy atom. The van der Waals surface area contributed by atoms with Crippen molar-refractivity contribution in [3.8, 4) is 5.75 Å². The number of carbonyl (C=O) groups is 2. The van der Waals surface area contributed by atoms with Gasteiger partial charge in [-0.15, -0.1) is 13.2 Å². The van der Waals surface area contributed by atoms with Crippen molar-refractivity contribution in [1.82, 2.24) is 10.9 Å². The van der Waals surface area contributed by atoms with E-state index in [0.717, 1.165) is 23.3 Å². The molecule has 0 unspecified atom stereocenters. The van der Waals surface area contributed by atoms with Gasteiger partial charge in [0.05, 0.1) is 6.42 Å². The van der Waals surface area contributed by atoms with Crippen LogP contribution in [-0.2, 0) is 11.2 Å². The van der Waals surface area contributed by atoms with Gasteiger partial charge >= 0.3 is 6.36 Å². The summed E-state index contributed by atoms with van der Waals surface area (Å²) < 4.78 is 40.0. The maximum atomic E-state index is 12.1. The molecule has 0 saturated heterocycles. The van der Waals surface area contributed by atoms with Gasteiger partial charge < -0.3 is 4.74 Å². The van der Waals surface area contributed by atoms with Crippen LogP contribution in [0.25, 0.3) is 0 Å². The molecule has 0 bridgehead atoms. The predicted octanol–water partition coefficient (Wildman–Crippen LogP) is 3.21. The third-order valence-corrected chi connectivity index (χ3v) is 3.46. The standard InChI is InChI=1S/C18H17F3N2O3/c1-11-3-8-15(12(2)9-11)17(25)23-22-16(24)10-13-4-6-14(7-5-13)26-18(19,20)21/h3-9H,10H2,1-2H3,(H,22,24)(H,23,25). The van der Waals surface area contributed by atoms with Crippen LogP contribution in [0.2, 0.25) is 0 Å². The first-order valence-electron chi connectivity index (χ1n) is 7.65. The second kappa shape index (κ2) is 7.90. The number of hydrogen-bond donors (Lipinski definition) is 2. The fraction of sp³-hybridized carbons (Fsp3) is 0.222. The maximum absolute atomic E-state index is 12.1. The summed E-state index contributed by atoms with van der Waals surface area (Å²) >= 11 is 0. The van der Waals surface area contributed by atoms with E-state index in [4.69, 9.17) is 0 Å². The van der Waals surface area contributed by atoms with Crippen LogP contribution >= 0.6 is 0 Å². The van der Waals surface area contributed by atoms with E-state index in [-0.39, 0.29) is 12.2 Å². The zero-order valence-corrected chi connectivity index (χ0v) is 14.1. The number of alkyl halides is 3. The third kappa shape index (κ3) is 5.80. The topological polar surface area (TPSA) is 67.4 Å². The molecule has 2 N–H and O–H groups in total. The quantitative estimate of drug-likeness (QED) is 0.817. The number of hydrogen-bond acceptors (Lipinski definition) is 3. The molecule has 5 nitrogen and oxygen atoms in total. The Kier molecular flexibility index (Phi) is 5.86. The number of amides is 2. The Morgan fingerprint density at radius 2 is 1.65 bits per heavy atom. The molecule has 2 aromatic rings. The van der Waals surface area contributed by atoms with E-state index in [0.29, 0.717) is 11.1 Å². The lowest BCUT2D eigenvalue weighted by Crippen LogP contribution is -2.42. The molecule has 2 amide bonds. The number of hydrazine groups is 1. The first-order valence-corrected chi connectivity index (χ1v) is 7.65. The first-order chi connectivity index (χ1) is 12.1. The van der Waals surface area contributed by atoms with Crippen molar-refractivity contribution >= 4 is 11.8 Å². The van der Waals surface area contributed by atoms with Crippen LogP contribution in [0.4, 0.5) is 13.2 Å². The monoisotopic (exact) mass is 366 g/mol. The second-order valence-electron chi connectivity index (χ2n) is 5.69. The fourth-order valence-corrected chi connectivity index (χ4v) is 2.30. The molecule has 26 heavy (non-hydrogen) atoms. The molecule has 0 spiro atoms. The summed E-state index contributed by atoms with van der Waals surface area (Å²) in [6.45, 7) is 3.69. The van der Waals surface area contributed by atoms with Crippen molar-refractivity contribution in [2.24, 2.45) is 0 Å². The summed E-state index contributed by atoms with van der Waals surface area (Å²) in [7, 11) is 0. The van der Waals surface area contributed by atoms with Crippen LogP contribution in [0.5, 0.6) is 5.75 Å². The molecular formula is C18H17F3N2O3. The van der Waals surface area contributed by atoms with Gasteiger partial charge in [0.1, 0.15) is 5.75 Å². The van der Waals surface area contributed by atoms with E-state index in [1.165, 1.54) is 12.1 Å². The van der Waals surface area contributed by atoms with Crippen molar-refractivity contribution in [3.63, 3.8) is 0 Å². The molecule has 0 saturated carbocycles. The van der Waals surface area contributed by atoms with Gasteiger partial charge in [-0.3, -0.25) is 20.4 Å². The molecule has 8 heteroatoms. The number of benzene rings is 2. The number of ether oxygens (including phenoxy) is 1. The Labute approximate surface area is 148 Å². The van der Waals surface area contributed by atoms with Crippen molar-refractivity contribution in [1.29, 1.82) is 0 Å². The van der Waals surface area contributed by atoms with Crippen molar-refractivity contribution in [3.05, 3.63) is 64.7 Å². The van der Waals surface area contributed by atoms with E-state index in [1.54, 1.807) is 19.1 Å². The lowest BCUT2D eigenvalue weighted by atomic mass is 10.1. The van der Waals surface area contributed by atoms with Crippen LogP contribution in [0.3, 0.4) is 0 Å². The highest BCUT2D eigenvalue weighted by Crippen LogP contribution is 2.22. The minimum absolute atomic E-state index is 0.112. The lowest BCUT2D eigenvalue weighted by Gasteiger charge is -2.11. The third-order valence-electron chi connectivity index (χ3n) is 3.46. The van der Waals surface area contributed by atoms with E-state index in [1.807, 2.05) is 13.0 Å². The minimum Gasteiger partial charge on any atom is -0.406 e. The van der Waals surface area contributed by atoms with Gasteiger partial charge in [-0.2, -0.15) is 0 Å². The van der Waals surface area contributed by atoms with Gasteiger partial charge in [0.15, 0.2) is 0 Å². The molecule has 0 radical (unpaired) electrons. The number of rotatable bonds is 4. The Morgan fingerprint density at radius 3 is 2.23 bits per heavy atom. The van der Waals surface area contributed by atoms with E-state index in [2.05, 4.69) is 15.6 Å². The van der Waals surface area contributed by atoms with Gasteiger partial charge in [0.2, 0.25) is 5.91 Å². The maximum Gasteiger partial charge on any atom is 0.573 e. The highest BCUT2D eigenvalue weighted by molar-refractivity contribution is 5.96. The number of carbonyl (C=O) groups excluding carboxylic acids is 2. The molecule has 2 aromatic carbocycles. The molecule has 0 aliphatic heterocycles. The predicted molar refractivity (Wildman–Crippen MR) is 88.4 cm³/mol. The Bertz CT molecular complexity index is 802. The van der Waals surface area contributed by atoms with Gasteiger partial charge in [0.25, 0.3) is 5.91 Å². The van der Waals surface area contributed by atoms with Gasteiger partial charge in [-0.05, 0) is 43.2 Å². The summed E-state index contributed by atoms with van der Waals surface area (Å²) in [5, 5.41) is 0. The van der Waals surface area contributed by atoms with Gasteiger partial charge in [-0.1, -0.05) is 29.8 Å². The number of halogens is 3.